The molecule has 0 aliphatic heterocycles. The number of ether oxygens (including phenoxy) is 2. The van der Waals surface area contributed by atoms with Crippen molar-refractivity contribution in [2.75, 3.05) is 7.11 Å². The Bertz CT molecular complexity index is 650. The smallest absolute Gasteiger partial charge is 0.169 e. The minimum atomic E-state index is -0.231. The number of aliphatic hydroxyl groups is 1. The van der Waals surface area contributed by atoms with Crippen LogP contribution < -0.4 is 9.47 Å². The summed E-state index contributed by atoms with van der Waals surface area (Å²) in [4.78, 5) is 0. The fourth-order valence-electron chi connectivity index (χ4n) is 2.34. The number of hydrogen-bond acceptors (Lipinski definition) is 4. The van der Waals surface area contributed by atoms with Crippen molar-refractivity contribution in [2.24, 2.45) is 0 Å². The third-order valence-electron chi connectivity index (χ3n) is 3.46. The molecule has 0 amide bonds. The molecule has 0 aliphatic rings. The van der Waals surface area contributed by atoms with Gasteiger partial charge in [0, 0.05) is 5.56 Å². The molecular weight excluding hydrogens is 280 g/mol. The Kier molecular flexibility index (Phi) is 5.28. The number of rotatable bonds is 6. The highest BCUT2D eigenvalue weighted by Crippen LogP contribution is 2.39. The summed E-state index contributed by atoms with van der Waals surface area (Å²) >= 11 is 0. The summed E-state index contributed by atoms with van der Waals surface area (Å²) in [6.45, 7) is 3.81. The van der Waals surface area contributed by atoms with E-state index in [-0.39, 0.29) is 12.4 Å². The fourth-order valence-corrected chi connectivity index (χ4v) is 2.34. The first-order valence-corrected chi connectivity index (χ1v) is 7.37. The molecule has 0 saturated heterocycles. The summed E-state index contributed by atoms with van der Waals surface area (Å²) in [5.74, 6) is 1.42. The zero-order chi connectivity index (χ0) is 16.1. The van der Waals surface area contributed by atoms with Gasteiger partial charge in [-0.2, -0.15) is 0 Å². The van der Waals surface area contributed by atoms with Crippen LogP contribution in [0.1, 0.15) is 30.0 Å². The van der Waals surface area contributed by atoms with Crippen LogP contribution in [0, 0.1) is 6.92 Å². The molecule has 0 unspecified atom stereocenters. The molecule has 0 bridgehead atoms. The van der Waals surface area contributed by atoms with Gasteiger partial charge in [-0.25, -0.2) is 0 Å². The van der Waals surface area contributed by atoms with Crippen molar-refractivity contribution in [3.05, 3.63) is 47.0 Å². The van der Waals surface area contributed by atoms with Gasteiger partial charge in [0.05, 0.1) is 13.7 Å². The average Bonchev–Trinajstić information content (AvgIpc) is 2.52. The highest BCUT2D eigenvalue weighted by Gasteiger charge is 2.14. The Morgan fingerprint density at radius 3 is 2.45 bits per heavy atom. The first-order valence-electron chi connectivity index (χ1n) is 7.37. The molecule has 0 spiro atoms. The molecule has 2 rings (SSSR count). The zero-order valence-corrected chi connectivity index (χ0v) is 13.2. The van der Waals surface area contributed by atoms with Crippen LogP contribution in [0.3, 0.4) is 0 Å². The van der Waals surface area contributed by atoms with Gasteiger partial charge in [0.25, 0.3) is 0 Å². The van der Waals surface area contributed by atoms with Crippen LogP contribution >= 0.6 is 0 Å². The highest BCUT2D eigenvalue weighted by molar-refractivity contribution is 5.52. The summed E-state index contributed by atoms with van der Waals surface area (Å²) < 4.78 is 11.1. The summed E-state index contributed by atoms with van der Waals surface area (Å²) in [6, 6.07) is 9.20. The number of aliphatic hydroxyl groups excluding tert-OH is 1. The van der Waals surface area contributed by atoms with Crippen LogP contribution in [0.4, 0.5) is 0 Å². The Balaban J connectivity index is 2.42. The van der Waals surface area contributed by atoms with Gasteiger partial charge in [0.1, 0.15) is 0 Å². The van der Waals surface area contributed by atoms with Gasteiger partial charge in [-0.15, -0.1) is 0 Å². The van der Waals surface area contributed by atoms with E-state index in [1.807, 2.05) is 19.1 Å². The fraction of sp³-hybridized carbons (Fsp3) is 0.333. The van der Waals surface area contributed by atoms with E-state index in [4.69, 9.17) is 9.47 Å². The number of aryl methyl sites for hydroxylation is 2. The first-order chi connectivity index (χ1) is 10.6. The third kappa shape index (κ3) is 3.52. The Morgan fingerprint density at radius 2 is 1.82 bits per heavy atom. The van der Waals surface area contributed by atoms with Crippen LogP contribution in [0.2, 0.25) is 0 Å². The van der Waals surface area contributed by atoms with Gasteiger partial charge in [-0.05, 0) is 48.7 Å². The number of phenols is 1. The van der Waals surface area contributed by atoms with Crippen LogP contribution in [0.5, 0.6) is 23.0 Å². The maximum absolute atomic E-state index is 10.2. The van der Waals surface area contributed by atoms with Crippen molar-refractivity contribution in [1.29, 1.82) is 0 Å². The van der Waals surface area contributed by atoms with Crippen LogP contribution in [0.25, 0.3) is 0 Å². The van der Waals surface area contributed by atoms with Crippen molar-refractivity contribution in [3.63, 3.8) is 0 Å². The number of methoxy groups -OCH3 is 1. The van der Waals surface area contributed by atoms with Crippen molar-refractivity contribution >= 4 is 0 Å². The van der Waals surface area contributed by atoms with E-state index in [2.05, 4.69) is 6.92 Å². The summed E-state index contributed by atoms with van der Waals surface area (Å²) in [5.41, 5.74) is 2.54. The molecule has 0 heterocycles. The van der Waals surface area contributed by atoms with E-state index in [0.717, 1.165) is 24.0 Å². The molecule has 0 radical (unpaired) electrons. The van der Waals surface area contributed by atoms with Gasteiger partial charge in [0.2, 0.25) is 0 Å². The van der Waals surface area contributed by atoms with Crippen molar-refractivity contribution in [2.45, 2.75) is 33.3 Å². The van der Waals surface area contributed by atoms with Gasteiger partial charge in [0.15, 0.2) is 23.0 Å². The van der Waals surface area contributed by atoms with Crippen LogP contribution in [-0.2, 0) is 13.0 Å². The molecule has 0 aliphatic carbocycles. The predicted molar refractivity (Wildman–Crippen MR) is 85.8 cm³/mol. The number of benzene rings is 2. The van der Waals surface area contributed by atoms with E-state index in [1.165, 1.54) is 0 Å². The average molecular weight is 302 g/mol. The molecule has 0 aromatic heterocycles. The molecule has 22 heavy (non-hydrogen) atoms. The molecule has 118 valence electrons. The Hall–Kier alpha value is -2.20. The molecule has 2 N–H and O–H groups in total. The van der Waals surface area contributed by atoms with E-state index in [0.29, 0.717) is 22.8 Å². The third-order valence-corrected chi connectivity index (χ3v) is 3.46. The molecular formula is C18H22O4. The Labute approximate surface area is 130 Å². The minimum absolute atomic E-state index is 0.0371. The van der Waals surface area contributed by atoms with E-state index in [9.17, 15) is 10.2 Å². The van der Waals surface area contributed by atoms with Crippen molar-refractivity contribution in [1.82, 2.24) is 0 Å². The normalized spacial score (nSPS) is 10.5. The lowest BCUT2D eigenvalue weighted by Gasteiger charge is -2.15. The molecule has 0 saturated carbocycles. The number of hydrogen-bond donors (Lipinski definition) is 2. The molecule has 2 aromatic carbocycles. The van der Waals surface area contributed by atoms with E-state index < -0.39 is 0 Å². The number of aromatic hydroxyl groups is 1. The lowest BCUT2D eigenvalue weighted by Crippen LogP contribution is -1.96. The van der Waals surface area contributed by atoms with Crippen LogP contribution in [0.15, 0.2) is 30.3 Å². The SMILES string of the molecule is CCCc1cc(CO)c(O)c(Oc2ccc(C)cc2OC)c1. The first kappa shape index (κ1) is 16.2. The lowest BCUT2D eigenvalue weighted by molar-refractivity contribution is 0.273. The lowest BCUT2D eigenvalue weighted by atomic mass is 10.1. The minimum Gasteiger partial charge on any atom is -0.504 e. The second kappa shape index (κ2) is 7.18. The molecule has 0 fully saturated rings. The largest absolute Gasteiger partial charge is 0.504 e. The Morgan fingerprint density at radius 1 is 1.05 bits per heavy atom. The van der Waals surface area contributed by atoms with Gasteiger partial charge in [-0.1, -0.05) is 19.4 Å². The molecule has 2 aromatic rings. The van der Waals surface area contributed by atoms with Gasteiger partial charge in [-0.3, -0.25) is 0 Å². The summed E-state index contributed by atoms with van der Waals surface area (Å²) in [5, 5.41) is 19.6. The van der Waals surface area contributed by atoms with Gasteiger partial charge < -0.3 is 19.7 Å². The summed E-state index contributed by atoms with van der Waals surface area (Å²) in [7, 11) is 1.58. The standard InChI is InChI=1S/C18H22O4/c1-4-5-13-9-14(11-19)18(20)17(10-13)22-15-7-6-12(2)8-16(15)21-3/h6-10,19-20H,4-5,11H2,1-3H3. The topological polar surface area (TPSA) is 58.9 Å². The monoisotopic (exact) mass is 302 g/mol. The summed E-state index contributed by atoms with van der Waals surface area (Å²) in [6.07, 6.45) is 1.83. The molecule has 4 nitrogen and oxygen atoms in total. The van der Waals surface area contributed by atoms with E-state index >= 15 is 0 Å². The van der Waals surface area contributed by atoms with Crippen LogP contribution in [-0.4, -0.2) is 17.3 Å². The quantitative estimate of drug-likeness (QED) is 0.848. The van der Waals surface area contributed by atoms with Crippen molar-refractivity contribution in [3.8, 4) is 23.0 Å². The molecule has 0 atom stereocenters. The zero-order valence-electron chi connectivity index (χ0n) is 13.2. The second-order valence-electron chi connectivity index (χ2n) is 5.27. The van der Waals surface area contributed by atoms with Crippen molar-refractivity contribution < 1.29 is 19.7 Å². The van der Waals surface area contributed by atoms with Gasteiger partial charge >= 0.3 is 0 Å². The predicted octanol–water partition coefficient (Wildman–Crippen LogP) is 3.95. The maximum Gasteiger partial charge on any atom is 0.169 e. The van der Waals surface area contributed by atoms with E-state index in [1.54, 1.807) is 25.3 Å². The maximum atomic E-state index is 10.2. The second-order valence-corrected chi connectivity index (χ2v) is 5.27. The molecule has 4 heteroatoms. The highest BCUT2D eigenvalue weighted by atomic mass is 16.5.